The topological polar surface area (TPSA) is 23.6 Å². The summed E-state index contributed by atoms with van der Waals surface area (Å²) < 4.78 is 39.3. The number of nitrogens with zero attached hydrogens (tertiary/aromatic N) is 2. The van der Waals surface area contributed by atoms with E-state index < -0.39 is 17.5 Å². The number of likely N-dealkylation sites (N-methyl/N-ethyl adjacent to an activating group) is 1. The van der Waals surface area contributed by atoms with Crippen molar-refractivity contribution < 1.29 is 18.0 Å². The van der Waals surface area contributed by atoms with Gasteiger partial charge in [-0.05, 0) is 13.1 Å². The first kappa shape index (κ1) is 13.9. The molecule has 0 saturated carbocycles. The van der Waals surface area contributed by atoms with Crippen LogP contribution in [0.3, 0.4) is 0 Å². The minimum atomic E-state index is -1.52. The first-order valence-corrected chi connectivity index (χ1v) is 6.07. The molecule has 0 aromatic heterocycles. The lowest BCUT2D eigenvalue weighted by Crippen LogP contribution is -2.47. The van der Waals surface area contributed by atoms with Crippen molar-refractivity contribution in [1.29, 1.82) is 0 Å². The van der Waals surface area contributed by atoms with E-state index in [1.54, 1.807) is 4.90 Å². The summed E-state index contributed by atoms with van der Waals surface area (Å²) in [4.78, 5) is 15.6. The molecule has 0 N–H and O–H groups in total. The fourth-order valence-electron chi connectivity index (χ4n) is 2.03. The van der Waals surface area contributed by atoms with Crippen LogP contribution >= 0.6 is 0 Å². The van der Waals surface area contributed by atoms with E-state index in [1.165, 1.54) is 0 Å². The lowest BCUT2D eigenvalue weighted by atomic mass is 10.1. The molecule has 0 bridgehead atoms. The summed E-state index contributed by atoms with van der Waals surface area (Å²) >= 11 is 0. The van der Waals surface area contributed by atoms with E-state index in [-0.39, 0.29) is 17.9 Å². The first-order valence-electron chi connectivity index (χ1n) is 6.07. The van der Waals surface area contributed by atoms with Gasteiger partial charge in [-0.3, -0.25) is 4.79 Å². The van der Waals surface area contributed by atoms with E-state index in [2.05, 4.69) is 4.90 Å². The summed E-state index contributed by atoms with van der Waals surface area (Å²) in [6.45, 7) is 2.65. The number of hydrogen-bond acceptors (Lipinski definition) is 2. The van der Waals surface area contributed by atoms with Gasteiger partial charge in [0.2, 0.25) is 5.91 Å². The van der Waals surface area contributed by atoms with Crippen molar-refractivity contribution in [1.82, 2.24) is 9.80 Å². The second-order valence-corrected chi connectivity index (χ2v) is 4.70. The van der Waals surface area contributed by atoms with Crippen molar-refractivity contribution in [2.75, 3.05) is 33.2 Å². The summed E-state index contributed by atoms with van der Waals surface area (Å²) in [5.41, 5.74) is -0.108. The van der Waals surface area contributed by atoms with E-state index in [1.807, 2.05) is 7.05 Å². The molecule has 1 aromatic carbocycles. The van der Waals surface area contributed by atoms with E-state index in [0.717, 1.165) is 25.2 Å². The van der Waals surface area contributed by atoms with Crippen LogP contribution in [-0.4, -0.2) is 48.9 Å². The normalized spacial score (nSPS) is 16.7. The molecule has 3 nitrogen and oxygen atoms in total. The molecule has 0 aliphatic carbocycles. The van der Waals surface area contributed by atoms with Gasteiger partial charge in [-0.1, -0.05) is 6.07 Å². The number of piperazine rings is 1. The molecule has 0 spiro atoms. The standard InChI is InChI=1S/C13H15F3N2O/c1-17-4-6-18(7-5-17)11(19)8-9-2-3-10(14)13(16)12(9)15/h2-3H,4-8H2,1H3. The second-order valence-electron chi connectivity index (χ2n) is 4.70. The minimum Gasteiger partial charge on any atom is -0.340 e. The predicted octanol–water partition coefficient (Wildman–Crippen LogP) is 1.42. The molecule has 0 unspecified atom stereocenters. The minimum absolute atomic E-state index is 0.108. The molecule has 1 amide bonds. The summed E-state index contributed by atoms with van der Waals surface area (Å²) in [6.07, 6.45) is -0.243. The van der Waals surface area contributed by atoms with E-state index in [9.17, 15) is 18.0 Å². The van der Waals surface area contributed by atoms with E-state index in [0.29, 0.717) is 13.1 Å². The van der Waals surface area contributed by atoms with Crippen LogP contribution in [-0.2, 0) is 11.2 Å². The zero-order chi connectivity index (χ0) is 14.0. The Morgan fingerprint density at radius 2 is 1.74 bits per heavy atom. The number of amides is 1. The monoisotopic (exact) mass is 272 g/mol. The zero-order valence-corrected chi connectivity index (χ0v) is 10.6. The molecule has 1 aliphatic rings. The number of halogens is 3. The van der Waals surface area contributed by atoms with Crippen molar-refractivity contribution in [3.05, 3.63) is 35.1 Å². The van der Waals surface area contributed by atoms with Crippen LogP contribution < -0.4 is 0 Å². The molecular formula is C13H15F3N2O. The van der Waals surface area contributed by atoms with Crippen molar-refractivity contribution in [3.63, 3.8) is 0 Å². The lowest BCUT2D eigenvalue weighted by Gasteiger charge is -2.32. The molecule has 1 saturated heterocycles. The summed E-state index contributed by atoms with van der Waals surface area (Å²) in [7, 11) is 1.96. The first-order chi connectivity index (χ1) is 8.99. The smallest absolute Gasteiger partial charge is 0.227 e. The highest BCUT2D eigenvalue weighted by molar-refractivity contribution is 5.79. The average Bonchev–Trinajstić information content (AvgIpc) is 2.40. The summed E-state index contributed by atoms with van der Waals surface area (Å²) in [6, 6.07) is 1.95. The Labute approximate surface area is 109 Å². The van der Waals surface area contributed by atoms with Crippen LogP contribution in [0.25, 0.3) is 0 Å². The van der Waals surface area contributed by atoms with Gasteiger partial charge in [-0.25, -0.2) is 13.2 Å². The summed E-state index contributed by atoms with van der Waals surface area (Å²) in [5, 5.41) is 0. The third-order valence-electron chi connectivity index (χ3n) is 3.31. The summed E-state index contributed by atoms with van der Waals surface area (Å²) in [5.74, 6) is -4.31. The molecule has 0 atom stereocenters. The highest BCUT2D eigenvalue weighted by atomic mass is 19.2. The Bertz CT molecular complexity index is 485. The van der Waals surface area contributed by atoms with Crippen molar-refractivity contribution >= 4 is 5.91 Å². The number of hydrogen-bond donors (Lipinski definition) is 0. The van der Waals surface area contributed by atoms with Gasteiger partial charge in [-0.2, -0.15) is 0 Å². The Morgan fingerprint density at radius 1 is 1.11 bits per heavy atom. The van der Waals surface area contributed by atoms with Crippen LogP contribution in [0.15, 0.2) is 12.1 Å². The van der Waals surface area contributed by atoms with Crippen LogP contribution in [0.2, 0.25) is 0 Å². The van der Waals surface area contributed by atoms with Gasteiger partial charge in [-0.15, -0.1) is 0 Å². The van der Waals surface area contributed by atoms with Crippen molar-refractivity contribution in [2.24, 2.45) is 0 Å². The van der Waals surface area contributed by atoms with E-state index in [4.69, 9.17) is 0 Å². The van der Waals surface area contributed by atoms with Crippen LogP contribution in [0, 0.1) is 17.5 Å². The van der Waals surface area contributed by atoms with Crippen LogP contribution in [0.1, 0.15) is 5.56 Å². The second kappa shape index (κ2) is 5.61. The highest BCUT2D eigenvalue weighted by Crippen LogP contribution is 2.16. The Morgan fingerprint density at radius 3 is 2.37 bits per heavy atom. The molecule has 1 aromatic rings. The number of benzene rings is 1. The van der Waals surface area contributed by atoms with Crippen LogP contribution in [0.5, 0.6) is 0 Å². The fourth-order valence-corrected chi connectivity index (χ4v) is 2.03. The molecule has 1 fully saturated rings. The van der Waals surface area contributed by atoms with Crippen molar-refractivity contribution in [3.8, 4) is 0 Å². The maximum atomic E-state index is 13.5. The molecule has 104 valence electrons. The van der Waals surface area contributed by atoms with E-state index >= 15 is 0 Å². The van der Waals surface area contributed by atoms with Crippen molar-refractivity contribution in [2.45, 2.75) is 6.42 Å². The quantitative estimate of drug-likeness (QED) is 0.760. The average molecular weight is 272 g/mol. The maximum Gasteiger partial charge on any atom is 0.227 e. The van der Waals surface area contributed by atoms with Gasteiger partial charge >= 0.3 is 0 Å². The SMILES string of the molecule is CN1CCN(C(=O)Cc2ccc(F)c(F)c2F)CC1. The third kappa shape index (κ3) is 3.07. The Kier molecular flexibility index (Phi) is 4.09. The lowest BCUT2D eigenvalue weighted by molar-refractivity contribution is -0.132. The van der Waals surface area contributed by atoms with Gasteiger partial charge in [0.1, 0.15) is 0 Å². The number of rotatable bonds is 2. The molecule has 1 aliphatic heterocycles. The molecular weight excluding hydrogens is 257 g/mol. The van der Waals surface area contributed by atoms with Gasteiger partial charge in [0, 0.05) is 31.7 Å². The van der Waals surface area contributed by atoms with Gasteiger partial charge in [0.05, 0.1) is 6.42 Å². The fraction of sp³-hybridized carbons (Fsp3) is 0.462. The predicted molar refractivity (Wildman–Crippen MR) is 64.1 cm³/mol. The number of carbonyl (C=O) groups excluding carboxylic acids is 1. The highest BCUT2D eigenvalue weighted by Gasteiger charge is 2.21. The largest absolute Gasteiger partial charge is 0.340 e. The third-order valence-corrected chi connectivity index (χ3v) is 3.31. The molecule has 0 radical (unpaired) electrons. The Balaban J connectivity index is 2.05. The molecule has 1 heterocycles. The van der Waals surface area contributed by atoms with Gasteiger partial charge < -0.3 is 9.80 Å². The molecule has 6 heteroatoms. The number of carbonyl (C=O) groups is 1. The van der Waals surface area contributed by atoms with Crippen LogP contribution in [0.4, 0.5) is 13.2 Å². The molecule has 19 heavy (non-hydrogen) atoms. The van der Waals surface area contributed by atoms with Gasteiger partial charge in [0.15, 0.2) is 17.5 Å². The van der Waals surface area contributed by atoms with Gasteiger partial charge in [0.25, 0.3) is 0 Å². The zero-order valence-electron chi connectivity index (χ0n) is 10.6. The Hall–Kier alpha value is -1.56. The molecule has 2 rings (SSSR count). The maximum absolute atomic E-state index is 13.5.